The van der Waals surface area contributed by atoms with Crippen LogP contribution in [0.3, 0.4) is 0 Å². The molecule has 80 valence electrons. The molecule has 1 saturated heterocycles. The lowest BCUT2D eigenvalue weighted by atomic mass is 9.98. The van der Waals surface area contributed by atoms with Gasteiger partial charge in [-0.25, -0.2) is 0 Å². The molecule has 3 heteroatoms. The largest absolute Gasteiger partial charge is 0.300 e. The van der Waals surface area contributed by atoms with E-state index in [2.05, 4.69) is 37.1 Å². The molecule has 3 nitrogen and oxygen atoms in total. The molecule has 0 aromatic rings. The second kappa shape index (κ2) is 4.77. The van der Waals surface area contributed by atoms with E-state index in [4.69, 9.17) is 5.26 Å². The van der Waals surface area contributed by atoms with Crippen LogP contribution < -0.4 is 5.32 Å². The first-order valence-electron chi connectivity index (χ1n) is 5.39. The molecule has 1 aliphatic heterocycles. The molecule has 1 unspecified atom stereocenters. The van der Waals surface area contributed by atoms with Gasteiger partial charge in [-0.1, -0.05) is 0 Å². The number of nitrogens with zero attached hydrogens (tertiary/aromatic N) is 2. The molecule has 14 heavy (non-hydrogen) atoms. The maximum atomic E-state index is 8.50. The fourth-order valence-electron chi connectivity index (χ4n) is 1.94. The summed E-state index contributed by atoms with van der Waals surface area (Å²) in [5, 5.41) is 11.8. The minimum absolute atomic E-state index is 0.257. The maximum absolute atomic E-state index is 8.50. The van der Waals surface area contributed by atoms with Crippen molar-refractivity contribution in [2.24, 2.45) is 0 Å². The van der Waals surface area contributed by atoms with Crippen LogP contribution in [-0.4, -0.2) is 36.1 Å². The summed E-state index contributed by atoms with van der Waals surface area (Å²) in [6, 6.07) is 2.64. The average Bonchev–Trinajstić information content (AvgIpc) is 2.14. The SMILES string of the molecule is CC(C)(C)N1CCCC(NCC#N)C1. The molecule has 1 fully saturated rings. The summed E-state index contributed by atoms with van der Waals surface area (Å²) in [7, 11) is 0. The van der Waals surface area contributed by atoms with Crippen molar-refractivity contribution >= 4 is 0 Å². The quantitative estimate of drug-likeness (QED) is 0.676. The predicted molar refractivity (Wildman–Crippen MR) is 58.0 cm³/mol. The van der Waals surface area contributed by atoms with E-state index in [1.807, 2.05) is 0 Å². The first-order valence-corrected chi connectivity index (χ1v) is 5.39. The third-order valence-electron chi connectivity index (χ3n) is 2.84. The van der Waals surface area contributed by atoms with Gasteiger partial charge in [0.1, 0.15) is 0 Å². The molecular weight excluding hydrogens is 174 g/mol. The zero-order valence-electron chi connectivity index (χ0n) is 9.51. The van der Waals surface area contributed by atoms with E-state index in [1.165, 1.54) is 19.4 Å². The zero-order valence-corrected chi connectivity index (χ0v) is 9.51. The van der Waals surface area contributed by atoms with Crippen LogP contribution in [0.25, 0.3) is 0 Å². The topological polar surface area (TPSA) is 39.1 Å². The fourth-order valence-corrected chi connectivity index (χ4v) is 1.94. The monoisotopic (exact) mass is 195 g/mol. The van der Waals surface area contributed by atoms with Crippen molar-refractivity contribution in [2.75, 3.05) is 19.6 Å². The summed E-state index contributed by atoms with van der Waals surface area (Å²) in [5.74, 6) is 0. The van der Waals surface area contributed by atoms with Gasteiger partial charge in [0.25, 0.3) is 0 Å². The van der Waals surface area contributed by atoms with Gasteiger partial charge in [-0.2, -0.15) is 5.26 Å². The van der Waals surface area contributed by atoms with Gasteiger partial charge in [0.15, 0.2) is 0 Å². The van der Waals surface area contributed by atoms with Crippen molar-refractivity contribution < 1.29 is 0 Å². The second-order valence-corrected chi connectivity index (χ2v) is 5.00. The Kier molecular flexibility index (Phi) is 3.91. The summed E-state index contributed by atoms with van der Waals surface area (Å²) >= 11 is 0. The smallest absolute Gasteiger partial charge is 0.0843 e. The summed E-state index contributed by atoms with van der Waals surface area (Å²) < 4.78 is 0. The molecular formula is C11H21N3. The Bertz CT molecular complexity index is 212. The molecule has 0 amide bonds. The van der Waals surface area contributed by atoms with E-state index in [-0.39, 0.29) is 5.54 Å². The highest BCUT2D eigenvalue weighted by molar-refractivity contribution is 4.87. The standard InChI is InChI=1S/C11H21N3/c1-11(2,3)14-8-4-5-10(9-14)13-7-6-12/h10,13H,4-5,7-9H2,1-3H3. The fraction of sp³-hybridized carbons (Fsp3) is 0.909. The number of rotatable bonds is 2. The summed E-state index contributed by atoms with van der Waals surface area (Å²) in [5.41, 5.74) is 0.257. The van der Waals surface area contributed by atoms with Crippen molar-refractivity contribution in [2.45, 2.75) is 45.2 Å². The molecule has 0 spiro atoms. The van der Waals surface area contributed by atoms with Crippen LogP contribution in [0.4, 0.5) is 0 Å². The average molecular weight is 195 g/mol. The molecule has 0 radical (unpaired) electrons. The first-order chi connectivity index (χ1) is 6.54. The Balaban J connectivity index is 2.40. The van der Waals surface area contributed by atoms with Gasteiger partial charge >= 0.3 is 0 Å². The van der Waals surface area contributed by atoms with Gasteiger partial charge < -0.3 is 5.32 Å². The number of piperidine rings is 1. The van der Waals surface area contributed by atoms with E-state index >= 15 is 0 Å². The van der Waals surface area contributed by atoms with Crippen molar-refractivity contribution in [3.8, 4) is 6.07 Å². The highest BCUT2D eigenvalue weighted by Gasteiger charge is 2.27. The number of hydrogen-bond acceptors (Lipinski definition) is 3. The third-order valence-corrected chi connectivity index (χ3v) is 2.84. The van der Waals surface area contributed by atoms with Gasteiger partial charge in [-0.15, -0.1) is 0 Å². The summed E-state index contributed by atoms with van der Waals surface area (Å²) in [6.07, 6.45) is 2.44. The minimum Gasteiger partial charge on any atom is -0.300 e. The second-order valence-electron chi connectivity index (χ2n) is 5.00. The lowest BCUT2D eigenvalue weighted by Gasteiger charge is -2.41. The van der Waals surface area contributed by atoms with Crippen LogP contribution in [0.2, 0.25) is 0 Å². The highest BCUT2D eigenvalue weighted by atomic mass is 15.2. The van der Waals surface area contributed by atoms with E-state index in [0.717, 1.165) is 6.54 Å². The molecule has 0 saturated carbocycles. The van der Waals surface area contributed by atoms with Gasteiger partial charge in [-0.3, -0.25) is 4.90 Å². The maximum Gasteiger partial charge on any atom is 0.0843 e. The minimum atomic E-state index is 0.257. The van der Waals surface area contributed by atoms with Gasteiger partial charge in [-0.05, 0) is 40.2 Å². The van der Waals surface area contributed by atoms with E-state index in [1.54, 1.807) is 0 Å². The molecule has 1 heterocycles. The molecule has 1 rings (SSSR count). The first kappa shape index (κ1) is 11.5. The van der Waals surface area contributed by atoms with Gasteiger partial charge in [0.05, 0.1) is 12.6 Å². The van der Waals surface area contributed by atoms with E-state index < -0.39 is 0 Å². The molecule has 1 atom stereocenters. The zero-order chi connectivity index (χ0) is 10.6. The van der Waals surface area contributed by atoms with Crippen LogP contribution in [0.15, 0.2) is 0 Å². The van der Waals surface area contributed by atoms with Crippen LogP contribution in [0.5, 0.6) is 0 Å². The molecule has 0 aromatic heterocycles. The number of likely N-dealkylation sites (tertiary alicyclic amines) is 1. The number of hydrogen-bond donors (Lipinski definition) is 1. The van der Waals surface area contributed by atoms with Crippen LogP contribution in [-0.2, 0) is 0 Å². The van der Waals surface area contributed by atoms with E-state index in [0.29, 0.717) is 12.6 Å². The molecule has 0 aromatic carbocycles. The lowest BCUT2D eigenvalue weighted by Crippen LogP contribution is -2.52. The normalized spacial score (nSPS) is 24.6. The van der Waals surface area contributed by atoms with Crippen molar-refractivity contribution in [1.82, 2.24) is 10.2 Å². The Morgan fingerprint density at radius 1 is 1.50 bits per heavy atom. The Labute approximate surface area is 87.1 Å². The van der Waals surface area contributed by atoms with Gasteiger partial charge in [0.2, 0.25) is 0 Å². The summed E-state index contributed by atoms with van der Waals surface area (Å²) in [4.78, 5) is 2.49. The molecule has 0 bridgehead atoms. The summed E-state index contributed by atoms with van der Waals surface area (Å²) in [6.45, 7) is 9.49. The Morgan fingerprint density at radius 3 is 2.79 bits per heavy atom. The number of nitrogens with one attached hydrogen (secondary N) is 1. The van der Waals surface area contributed by atoms with Crippen molar-refractivity contribution in [3.05, 3.63) is 0 Å². The number of nitriles is 1. The predicted octanol–water partition coefficient (Wildman–Crippen LogP) is 1.36. The lowest BCUT2D eigenvalue weighted by molar-refractivity contribution is 0.0919. The Hall–Kier alpha value is -0.590. The molecule has 1 aliphatic rings. The molecule has 1 N–H and O–H groups in total. The Morgan fingerprint density at radius 2 is 2.21 bits per heavy atom. The van der Waals surface area contributed by atoms with Gasteiger partial charge in [0, 0.05) is 18.1 Å². The highest BCUT2D eigenvalue weighted by Crippen LogP contribution is 2.19. The van der Waals surface area contributed by atoms with E-state index in [9.17, 15) is 0 Å². The van der Waals surface area contributed by atoms with Crippen molar-refractivity contribution in [1.29, 1.82) is 5.26 Å². The van der Waals surface area contributed by atoms with Crippen molar-refractivity contribution in [3.63, 3.8) is 0 Å². The molecule has 0 aliphatic carbocycles. The van der Waals surface area contributed by atoms with Crippen LogP contribution >= 0.6 is 0 Å². The van der Waals surface area contributed by atoms with Crippen LogP contribution in [0.1, 0.15) is 33.6 Å². The third kappa shape index (κ3) is 3.28. The van der Waals surface area contributed by atoms with Crippen LogP contribution in [0, 0.1) is 11.3 Å².